The summed E-state index contributed by atoms with van der Waals surface area (Å²) in [4.78, 5) is 3.39. The van der Waals surface area contributed by atoms with E-state index in [0.717, 1.165) is 27.6 Å². The minimum atomic E-state index is -4.39. The maximum Gasteiger partial charge on any atom is 0.416 e. The Morgan fingerprint density at radius 2 is 1.75 bits per heavy atom. The third-order valence-electron chi connectivity index (χ3n) is 3.47. The van der Waals surface area contributed by atoms with Gasteiger partial charge in [0.05, 0.1) is 16.9 Å². The Balaban J connectivity index is 2.14. The second-order valence-corrected chi connectivity index (χ2v) is 7.16. The lowest BCUT2D eigenvalue weighted by molar-refractivity contribution is -0.137. The first-order chi connectivity index (χ1) is 11.3. The number of para-hydroxylation sites is 1. The van der Waals surface area contributed by atoms with Crippen molar-refractivity contribution in [3.8, 4) is 0 Å². The zero-order chi connectivity index (χ0) is 17.5. The van der Waals surface area contributed by atoms with Gasteiger partial charge in [-0.3, -0.25) is 4.90 Å². The van der Waals surface area contributed by atoms with Gasteiger partial charge in [0.1, 0.15) is 0 Å². The van der Waals surface area contributed by atoms with Crippen LogP contribution in [0.4, 0.5) is 24.5 Å². The summed E-state index contributed by atoms with van der Waals surface area (Å²) in [5, 5.41) is 3.51. The fraction of sp³-hybridized carbons (Fsp3) is 0.235. The van der Waals surface area contributed by atoms with E-state index in [2.05, 4.69) is 5.32 Å². The van der Waals surface area contributed by atoms with E-state index in [4.69, 9.17) is 12.2 Å². The molecule has 126 valence electrons. The molecule has 3 rings (SSSR count). The quantitative estimate of drug-likeness (QED) is 0.660. The molecule has 0 aliphatic carbocycles. The predicted molar refractivity (Wildman–Crippen MR) is 95.0 cm³/mol. The Bertz CT molecular complexity index is 788. The van der Waals surface area contributed by atoms with Crippen molar-refractivity contribution in [2.45, 2.75) is 35.9 Å². The zero-order valence-electron chi connectivity index (χ0n) is 13.0. The van der Waals surface area contributed by atoms with Crippen molar-refractivity contribution in [2.75, 3.05) is 4.90 Å². The van der Waals surface area contributed by atoms with Crippen LogP contribution in [0, 0.1) is 0 Å². The van der Waals surface area contributed by atoms with E-state index in [0.29, 0.717) is 10.8 Å². The molecule has 1 N–H and O–H groups in total. The second-order valence-electron chi connectivity index (χ2n) is 5.69. The van der Waals surface area contributed by atoms with Gasteiger partial charge < -0.3 is 5.32 Å². The molecule has 1 aliphatic rings. The smallest absolute Gasteiger partial charge is 0.360 e. The van der Waals surface area contributed by atoms with Crippen molar-refractivity contribution in [3.05, 3.63) is 48.0 Å². The van der Waals surface area contributed by atoms with E-state index in [1.54, 1.807) is 4.90 Å². The average molecular weight is 368 g/mol. The van der Waals surface area contributed by atoms with E-state index < -0.39 is 11.7 Å². The van der Waals surface area contributed by atoms with Crippen LogP contribution in [0.2, 0.25) is 0 Å². The average Bonchev–Trinajstić information content (AvgIpc) is 2.50. The van der Waals surface area contributed by atoms with Gasteiger partial charge in [-0.1, -0.05) is 23.9 Å². The van der Waals surface area contributed by atoms with Gasteiger partial charge >= 0.3 is 6.18 Å². The molecular weight excluding hydrogens is 353 g/mol. The highest BCUT2D eigenvalue weighted by molar-refractivity contribution is 7.99. The molecule has 0 bridgehead atoms. The molecule has 0 atom stereocenters. The summed E-state index contributed by atoms with van der Waals surface area (Å²) >= 11 is 6.91. The molecule has 2 aromatic rings. The predicted octanol–water partition coefficient (Wildman–Crippen LogP) is 5.59. The maximum atomic E-state index is 13.1. The van der Waals surface area contributed by atoms with E-state index >= 15 is 0 Å². The number of hydrogen-bond acceptors (Lipinski definition) is 2. The molecule has 1 aliphatic heterocycles. The summed E-state index contributed by atoms with van der Waals surface area (Å²) in [6.45, 7) is 3.87. The van der Waals surface area contributed by atoms with Crippen LogP contribution in [0.15, 0.2) is 52.3 Å². The number of alkyl halides is 3. The lowest BCUT2D eigenvalue weighted by Gasteiger charge is -2.34. The van der Waals surface area contributed by atoms with Crippen molar-refractivity contribution in [1.82, 2.24) is 5.32 Å². The van der Waals surface area contributed by atoms with Crippen molar-refractivity contribution < 1.29 is 13.2 Å². The van der Waals surface area contributed by atoms with Crippen LogP contribution in [0.25, 0.3) is 0 Å². The first-order valence-electron chi connectivity index (χ1n) is 7.36. The third kappa shape index (κ3) is 3.23. The number of halogens is 3. The Kier molecular flexibility index (Phi) is 4.48. The fourth-order valence-electron chi connectivity index (χ4n) is 2.46. The molecule has 1 heterocycles. The van der Waals surface area contributed by atoms with E-state index in [1.807, 2.05) is 38.1 Å². The monoisotopic (exact) mass is 368 g/mol. The van der Waals surface area contributed by atoms with Crippen LogP contribution < -0.4 is 10.2 Å². The molecule has 24 heavy (non-hydrogen) atoms. The largest absolute Gasteiger partial charge is 0.416 e. The number of nitrogens with one attached hydrogen (secondary N) is 1. The summed E-state index contributed by atoms with van der Waals surface area (Å²) in [6.07, 6.45) is -4.39. The molecule has 0 saturated heterocycles. The summed E-state index contributed by atoms with van der Waals surface area (Å²) in [7, 11) is 0. The van der Waals surface area contributed by atoms with Gasteiger partial charge in [0, 0.05) is 15.8 Å². The normalized spacial score (nSPS) is 13.5. The highest BCUT2D eigenvalue weighted by atomic mass is 32.2. The minimum absolute atomic E-state index is 0.0773. The van der Waals surface area contributed by atoms with Crippen LogP contribution in [0.5, 0.6) is 0 Å². The number of rotatable bonds is 1. The molecule has 0 radical (unpaired) electrons. The molecule has 2 aromatic carbocycles. The first-order valence-corrected chi connectivity index (χ1v) is 8.58. The van der Waals surface area contributed by atoms with Crippen molar-refractivity contribution in [3.63, 3.8) is 0 Å². The Morgan fingerprint density at radius 3 is 2.42 bits per heavy atom. The molecule has 0 aromatic heterocycles. The highest BCUT2D eigenvalue weighted by Crippen LogP contribution is 2.49. The molecular formula is C17H15F3N2S2. The second kappa shape index (κ2) is 6.29. The van der Waals surface area contributed by atoms with Crippen LogP contribution in [0.1, 0.15) is 19.4 Å². The summed E-state index contributed by atoms with van der Waals surface area (Å²) < 4.78 is 39.4. The summed E-state index contributed by atoms with van der Waals surface area (Å²) in [5.74, 6) is 0. The Morgan fingerprint density at radius 1 is 1.08 bits per heavy atom. The molecule has 0 saturated carbocycles. The fourth-order valence-corrected chi connectivity index (χ4v) is 3.93. The van der Waals surface area contributed by atoms with E-state index in [1.165, 1.54) is 17.8 Å². The Hall–Kier alpha value is -1.73. The number of anilines is 2. The zero-order valence-corrected chi connectivity index (χ0v) is 14.6. The molecule has 2 nitrogen and oxygen atoms in total. The summed E-state index contributed by atoms with van der Waals surface area (Å²) in [5.41, 5.74) is 0.553. The molecule has 7 heteroatoms. The molecule has 0 amide bonds. The van der Waals surface area contributed by atoms with Crippen LogP contribution in [0.3, 0.4) is 0 Å². The van der Waals surface area contributed by atoms with Gasteiger partial charge in [0.2, 0.25) is 0 Å². The van der Waals surface area contributed by atoms with Crippen molar-refractivity contribution in [2.24, 2.45) is 0 Å². The third-order valence-corrected chi connectivity index (χ3v) is 4.90. The van der Waals surface area contributed by atoms with Crippen LogP contribution in [-0.4, -0.2) is 11.2 Å². The maximum absolute atomic E-state index is 13.1. The number of hydrogen-bond donors (Lipinski definition) is 1. The van der Waals surface area contributed by atoms with Crippen molar-refractivity contribution >= 4 is 40.5 Å². The van der Waals surface area contributed by atoms with Gasteiger partial charge in [-0.25, -0.2) is 0 Å². The van der Waals surface area contributed by atoms with Crippen LogP contribution >= 0.6 is 24.0 Å². The molecule has 0 spiro atoms. The highest BCUT2D eigenvalue weighted by Gasteiger charge is 2.34. The topological polar surface area (TPSA) is 15.3 Å². The molecule has 0 unspecified atom stereocenters. The van der Waals surface area contributed by atoms with E-state index in [-0.39, 0.29) is 6.04 Å². The van der Waals surface area contributed by atoms with Crippen molar-refractivity contribution in [1.29, 1.82) is 0 Å². The lowest BCUT2D eigenvalue weighted by Crippen LogP contribution is -2.41. The van der Waals surface area contributed by atoms with E-state index in [9.17, 15) is 13.2 Å². The standard InChI is InChI=1S/C17H15F3N2S2/c1-10(2)21-16(23)22-12-5-3-4-6-14(12)24-15-8-7-11(9-13(15)22)17(18,19)20/h3-10H,1-2H3,(H,21,23). The van der Waals surface area contributed by atoms with Gasteiger partial charge in [0.25, 0.3) is 0 Å². The minimum Gasteiger partial charge on any atom is -0.360 e. The lowest BCUT2D eigenvalue weighted by atomic mass is 10.1. The van der Waals surface area contributed by atoms with Gasteiger partial charge in [0.15, 0.2) is 5.11 Å². The first kappa shape index (κ1) is 17.1. The number of nitrogens with zero attached hydrogens (tertiary/aromatic N) is 1. The number of thiocarbonyl (C=S) groups is 1. The van der Waals surface area contributed by atoms with Gasteiger partial charge in [-0.05, 0) is 56.4 Å². The number of benzene rings is 2. The van der Waals surface area contributed by atoms with Gasteiger partial charge in [-0.15, -0.1) is 0 Å². The van der Waals surface area contributed by atoms with Crippen LogP contribution in [-0.2, 0) is 6.18 Å². The molecule has 0 fully saturated rings. The number of fused-ring (bicyclic) bond motifs is 2. The Labute approximate surface area is 148 Å². The summed E-state index contributed by atoms with van der Waals surface area (Å²) in [6, 6.07) is 11.4. The van der Waals surface area contributed by atoms with Gasteiger partial charge in [-0.2, -0.15) is 13.2 Å². The SMILES string of the molecule is CC(C)NC(=S)N1c2ccccc2Sc2ccc(C(F)(F)F)cc21.